The van der Waals surface area contributed by atoms with Gasteiger partial charge in [-0.15, -0.1) is 0 Å². The molecule has 1 heterocycles. The number of ether oxygens (including phenoxy) is 1. The van der Waals surface area contributed by atoms with E-state index in [-0.39, 0.29) is 37.4 Å². The van der Waals surface area contributed by atoms with Crippen LogP contribution < -0.4 is 9.80 Å². The van der Waals surface area contributed by atoms with Crippen LogP contribution in [0.5, 0.6) is 0 Å². The predicted octanol–water partition coefficient (Wildman–Crippen LogP) is 3.58. The fourth-order valence-corrected chi connectivity index (χ4v) is 3.81. The topological polar surface area (TPSA) is 66.9 Å². The van der Waals surface area contributed by atoms with E-state index >= 15 is 0 Å². The van der Waals surface area contributed by atoms with Gasteiger partial charge >= 0.3 is 5.97 Å². The molecule has 6 nitrogen and oxygen atoms in total. The minimum Gasteiger partial charge on any atom is -0.462 e. The Kier molecular flexibility index (Phi) is 6.32. The first-order chi connectivity index (χ1) is 13.9. The lowest BCUT2D eigenvalue weighted by atomic mass is 10.1. The van der Waals surface area contributed by atoms with Crippen molar-refractivity contribution in [2.75, 3.05) is 23.0 Å². The van der Waals surface area contributed by atoms with E-state index in [4.69, 9.17) is 4.74 Å². The summed E-state index contributed by atoms with van der Waals surface area (Å²) in [5.74, 6) is -0.755. The van der Waals surface area contributed by atoms with Gasteiger partial charge in [-0.1, -0.05) is 30.3 Å². The Balaban J connectivity index is 1.79. The molecule has 0 spiro atoms. The number of anilines is 2. The lowest BCUT2D eigenvalue weighted by Crippen LogP contribution is -2.39. The van der Waals surface area contributed by atoms with Crippen LogP contribution in [0, 0.1) is 0 Å². The maximum atomic E-state index is 13.0. The molecule has 2 amide bonds. The molecule has 0 bridgehead atoms. The largest absolute Gasteiger partial charge is 0.462 e. The fraction of sp³-hybridized carbons (Fsp3) is 0.348. The van der Waals surface area contributed by atoms with Crippen LogP contribution >= 0.6 is 0 Å². The van der Waals surface area contributed by atoms with Gasteiger partial charge in [0.25, 0.3) is 0 Å². The Morgan fingerprint density at radius 2 is 1.79 bits per heavy atom. The van der Waals surface area contributed by atoms with Crippen molar-refractivity contribution in [3.05, 3.63) is 59.7 Å². The number of carbonyl (C=O) groups excluding carboxylic acids is 3. The SMILES string of the molecule is CCOC(=O)c1ccccc1N(CCC(=O)N1c2ccccc2CC1C)C(C)=O. The molecule has 29 heavy (non-hydrogen) atoms. The average Bonchev–Trinajstić information content (AvgIpc) is 3.04. The van der Waals surface area contributed by atoms with Gasteiger partial charge in [-0.3, -0.25) is 9.59 Å². The first-order valence-corrected chi connectivity index (χ1v) is 9.88. The number of carbonyl (C=O) groups is 3. The zero-order valence-electron chi connectivity index (χ0n) is 17.1. The number of nitrogens with zero attached hydrogens (tertiary/aromatic N) is 2. The van der Waals surface area contributed by atoms with E-state index in [0.717, 1.165) is 17.7 Å². The second-order valence-corrected chi connectivity index (χ2v) is 7.10. The molecule has 2 aromatic carbocycles. The Bertz CT molecular complexity index is 925. The van der Waals surface area contributed by atoms with E-state index in [1.165, 1.54) is 11.8 Å². The number of amides is 2. The molecule has 3 rings (SSSR count). The third-order valence-corrected chi connectivity index (χ3v) is 5.10. The molecule has 0 saturated heterocycles. The highest BCUT2D eigenvalue weighted by Crippen LogP contribution is 2.32. The molecule has 6 heteroatoms. The molecule has 0 radical (unpaired) electrons. The lowest BCUT2D eigenvalue weighted by Gasteiger charge is -2.26. The highest BCUT2D eigenvalue weighted by atomic mass is 16.5. The Hall–Kier alpha value is -3.15. The summed E-state index contributed by atoms with van der Waals surface area (Å²) in [5, 5.41) is 0. The van der Waals surface area contributed by atoms with Crippen LogP contribution in [0.3, 0.4) is 0 Å². The normalized spacial score (nSPS) is 15.0. The molecule has 1 unspecified atom stereocenters. The van der Waals surface area contributed by atoms with Crippen LogP contribution in [0.4, 0.5) is 11.4 Å². The van der Waals surface area contributed by atoms with Crippen molar-refractivity contribution in [1.82, 2.24) is 0 Å². The third kappa shape index (κ3) is 4.31. The third-order valence-electron chi connectivity index (χ3n) is 5.10. The quantitative estimate of drug-likeness (QED) is 0.703. The summed E-state index contributed by atoms with van der Waals surface area (Å²) in [7, 11) is 0. The standard InChI is InChI=1S/C23H26N2O4/c1-4-29-23(28)19-10-6-8-12-21(19)24(17(3)26)14-13-22(27)25-16(2)15-18-9-5-7-11-20(18)25/h5-12,16H,4,13-15H2,1-3H3. The molecule has 2 aromatic rings. The van der Waals surface area contributed by atoms with Gasteiger partial charge in [-0.2, -0.15) is 0 Å². The summed E-state index contributed by atoms with van der Waals surface area (Å²) in [4.78, 5) is 40.9. The molecular weight excluding hydrogens is 368 g/mol. The van der Waals surface area contributed by atoms with Crippen molar-refractivity contribution in [2.45, 2.75) is 39.7 Å². The molecule has 1 aliphatic heterocycles. The number of hydrogen-bond donors (Lipinski definition) is 0. The van der Waals surface area contributed by atoms with Crippen LogP contribution in [-0.4, -0.2) is 37.0 Å². The number of para-hydroxylation sites is 2. The van der Waals surface area contributed by atoms with Crippen molar-refractivity contribution < 1.29 is 19.1 Å². The molecule has 1 aliphatic rings. The first kappa shape index (κ1) is 20.6. The molecule has 152 valence electrons. The van der Waals surface area contributed by atoms with Gasteiger partial charge in [0.15, 0.2) is 0 Å². The predicted molar refractivity (Wildman–Crippen MR) is 112 cm³/mol. The maximum absolute atomic E-state index is 13.0. The molecule has 0 aromatic heterocycles. The zero-order valence-corrected chi connectivity index (χ0v) is 17.1. The Morgan fingerprint density at radius 1 is 1.10 bits per heavy atom. The van der Waals surface area contributed by atoms with E-state index in [1.807, 2.05) is 36.1 Å². The van der Waals surface area contributed by atoms with Gasteiger partial charge in [0.05, 0.1) is 17.9 Å². The summed E-state index contributed by atoms with van der Waals surface area (Å²) >= 11 is 0. The first-order valence-electron chi connectivity index (χ1n) is 9.88. The maximum Gasteiger partial charge on any atom is 0.340 e. The van der Waals surface area contributed by atoms with Crippen LogP contribution in [0.1, 0.15) is 43.1 Å². The van der Waals surface area contributed by atoms with Crippen LogP contribution in [0.2, 0.25) is 0 Å². The summed E-state index contributed by atoms with van der Waals surface area (Å²) in [5.41, 5.74) is 2.87. The smallest absolute Gasteiger partial charge is 0.340 e. The summed E-state index contributed by atoms with van der Waals surface area (Å²) in [6.45, 7) is 5.63. The number of rotatable bonds is 6. The Labute approximate surface area is 171 Å². The van der Waals surface area contributed by atoms with Crippen molar-refractivity contribution in [3.8, 4) is 0 Å². The summed E-state index contributed by atoms with van der Waals surface area (Å²) < 4.78 is 5.11. The molecule has 0 N–H and O–H groups in total. The zero-order chi connectivity index (χ0) is 21.0. The number of hydrogen-bond acceptors (Lipinski definition) is 4. The average molecular weight is 394 g/mol. The highest BCUT2D eigenvalue weighted by molar-refractivity contribution is 6.03. The van der Waals surface area contributed by atoms with Crippen LogP contribution in [-0.2, 0) is 20.7 Å². The fourth-order valence-electron chi connectivity index (χ4n) is 3.81. The monoisotopic (exact) mass is 394 g/mol. The minimum absolute atomic E-state index is 0.0395. The van der Waals surface area contributed by atoms with Crippen LogP contribution in [0.25, 0.3) is 0 Å². The van der Waals surface area contributed by atoms with Gasteiger partial charge in [0.2, 0.25) is 11.8 Å². The molecule has 1 atom stereocenters. The van der Waals surface area contributed by atoms with Crippen LogP contribution in [0.15, 0.2) is 48.5 Å². The van der Waals surface area contributed by atoms with Gasteiger partial charge in [-0.25, -0.2) is 4.79 Å². The minimum atomic E-state index is -0.484. The van der Waals surface area contributed by atoms with E-state index < -0.39 is 5.97 Å². The van der Waals surface area contributed by atoms with E-state index in [2.05, 4.69) is 0 Å². The van der Waals surface area contributed by atoms with Crippen molar-refractivity contribution in [1.29, 1.82) is 0 Å². The van der Waals surface area contributed by atoms with Gasteiger partial charge in [0.1, 0.15) is 0 Å². The Morgan fingerprint density at radius 3 is 2.52 bits per heavy atom. The molecule has 0 fully saturated rings. The van der Waals surface area contributed by atoms with Gasteiger partial charge < -0.3 is 14.5 Å². The number of fused-ring (bicyclic) bond motifs is 1. The second-order valence-electron chi connectivity index (χ2n) is 7.10. The van der Waals surface area contributed by atoms with Crippen molar-refractivity contribution in [3.63, 3.8) is 0 Å². The van der Waals surface area contributed by atoms with Gasteiger partial charge in [0, 0.05) is 31.6 Å². The van der Waals surface area contributed by atoms with Crippen molar-refractivity contribution >= 4 is 29.2 Å². The summed E-state index contributed by atoms with van der Waals surface area (Å²) in [6.07, 6.45) is 0.986. The number of benzene rings is 2. The highest BCUT2D eigenvalue weighted by Gasteiger charge is 2.31. The molecule has 0 aliphatic carbocycles. The van der Waals surface area contributed by atoms with E-state index in [9.17, 15) is 14.4 Å². The molecule has 0 saturated carbocycles. The molecular formula is C23H26N2O4. The van der Waals surface area contributed by atoms with Gasteiger partial charge in [-0.05, 0) is 44.0 Å². The number of esters is 1. The van der Waals surface area contributed by atoms with Crippen molar-refractivity contribution in [2.24, 2.45) is 0 Å². The lowest BCUT2D eigenvalue weighted by molar-refractivity contribution is -0.119. The summed E-state index contributed by atoms with van der Waals surface area (Å²) in [6, 6.07) is 14.8. The second kappa shape index (κ2) is 8.90. The van der Waals surface area contributed by atoms with E-state index in [1.54, 1.807) is 31.2 Å². The van der Waals surface area contributed by atoms with E-state index in [0.29, 0.717) is 11.3 Å².